The lowest BCUT2D eigenvalue weighted by molar-refractivity contribution is -0.270. The maximum atomic E-state index is 16.4. The third-order valence-electron chi connectivity index (χ3n) is 23.8. The number of carbonyl (C=O) groups excluding carboxylic acids is 8. The summed E-state index contributed by atoms with van der Waals surface area (Å²) >= 11 is 7.22. The van der Waals surface area contributed by atoms with E-state index in [1.54, 1.807) is 6.92 Å². The van der Waals surface area contributed by atoms with E-state index in [2.05, 4.69) is 54.8 Å². The predicted octanol–water partition coefficient (Wildman–Crippen LogP) is 3.66. The van der Waals surface area contributed by atoms with Crippen LogP contribution >= 0.6 is 11.6 Å². The molecule has 11 aliphatic rings. The number of hydrogen-bond donors (Lipinski definition) is 19. The topological polar surface area (TPSA) is 496 Å². The third kappa shape index (κ3) is 17.1. The Morgan fingerprint density at radius 2 is 1.30 bits per heavy atom. The van der Waals surface area contributed by atoms with E-state index in [9.17, 15) is 50.4 Å². The number of fused-ring (bicyclic) bond motifs is 12. The molecule has 0 aromatic heterocycles. The molecule has 5 aromatic carbocycles. The fourth-order valence-corrected chi connectivity index (χ4v) is 18.3. The third-order valence-corrected chi connectivity index (χ3v) is 24.1. The van der Waals surface area contributed by atoms with Gasteiger partial charge in [-0.05, 0) is 188 Å². The number of hydrogen-bond acceptors (Lipinski definition) is 23. The van der Waals surface area contributed by atoms with Crippen LogP contribution in [0.4, 0.5) is 0 Å². The average Bonchev–Trinajstić information content (AvgIpc) is 1.54. The van der Waals surface area contributed by atoms with Crippen molar-refractivity contribution in [2.24, 2.45) is 41.1 Å². The van der Waals surface area contributed by atoms with Crippen LogP contribution in [-0.2, 0) is 55.4 Å². The molecule has 4 saturated carbocycles. The van der Waals surface area contributed by atoms with Crippen LogP contribution in [-0.4, -0.2) is 169 Å². The van der Waals surface area contributed by atoms with Crippen LogP contribution in [0.5, 0.6) is 34.5 Å². The molecule has 114 heavy (non-hydrogen) atoms. The van der Waals surface area contributed by atoms with Crippen molar-refractivity contribution >= 4 is 58.9 Å². The second-order valence-electron chi connectivity index (χ2n) is 32.3. The van der Waals surface area contributed by atoms with Gasteiger partial charge in [-0.25, -0.2) is 0 Å². The molecule has 21 N–H and O–H groups in total. The van der Waals surface area contributed by atoms with E-state index in [0.29, 0.717) is 18.4 Å². The lowest BCUT2D eigenvalue weighted by Gasteiger charge is -2.54. The summed E-state index contributed by atoms with van der Waals surface area (Å²) in [6.45, 7) is 7.32. The summed E-state index contributed by atoms with van der Waals surface area (Å²) in [4.78, 5) is 122. The number of aromatic hydroxyl groups is 1. The van der Waals surface area contributed by atoms with Crippen molar-refractivity contribution in [2.75, 3.05) is 20.1 Å². The Bertz CT molecular complexity index is 4480. The minimum absolute atomic E-state index is 0.0115. The van der Waals surface area contributed by atoms with Crippen molar-refractivity contribution in [1.82, 2.24) is 47.9 Å². The van der Waals surface area contributed by atoms with Gasteiger partial charge >= 0.3 is 0 Å². The van der Waals surface area contributed by atoms with E-state index in [-0.39, 0.29) is 114 Å². The number of aliphatic hydroxyl groups excluding tert-OH is 5. The van der Waals surface area contributed by atoms with Gasteiger partial charge in [0, 0.05) is 35.8 Å². The predicted molar refractivity (Wildman–Crippen MR) is 412 cm³/mol. The van der Waals surface area contributed by atoms with E-state index in [1.165, 1.54) is 67.7 Å². The quantitative estimate of drug-likeness (QED) is 0.0328. The molecule has 16 rings (SSSR count). The number of unbranched alkanes of at least 4 members (excludes halogenated alkanes) is 7. The number of primary amides is 1. The number of aliphatic hydroxyl groups is 7. The summed E-state index contributed by atoms with van der Waals surface area (Å²) in [6, 6.07) is 1.68. The molecule has 32 heteroatoms. The largest absolute Gasteiger partial charge is 0.508 e. The minimum Gasteiger partial charge on any atom is -0.508 e. The van der Waals surface area contributed by atoms with Gasteiger partial charge in [0.2, 0.25) is 65.1 Å². The number of phenols is 1. The molecule has 8 amide bonds. The first kappa shape index (κ1) is 82.9. The molecule has 6 aliphatic heterocycles. The Balaban J connectivity index is 0.995. The fraction of sp³-hybridized carbons (Fsp3) is 0.537. The van der Waals surface area contributed by atoms with Crippen LogP contribution < -0.4 is 73.5 Å². The molecular weight excluding hydrogens is 1490 g/mol. The van der Waals surface area contributed by atoms with Crippen molar-refractivity contribution in [3.05, 3.63) is 128 Å². The number of carbonyl (C=O) groups is 8. The van der Waals surface area contributed by atoms with E-state index < -0.39 is 174 Å². The molecular formula is C82H104ClN11O20. The highest BCUT2D eigenvalue weighted by atomic mass is 35.5. The number of ether oxygens (including phenoxy) is 4. The smallest absolute Gasteiger partial charge is 0.248 e. The highest BCUT2D eigenvalue weighted by Gasteiger charge is 2.53. The second kappa shape index (κ2) is 34.8. The molecule has 5 aromatic rings. The average molecular weight is 1600 g/mol. The van der Waals surface area contributed by atoms with Gasteiger partial charge in [-0.3, -0.25) is 38.4 Å². The summed E-state index contributed by atoms with van der Waals surface area (Å²) in [5.74, 6) is -13.3. The van der Waals surface area contributed by atoms with E-state index in [4.69, 9.17) is 42.0 Å². The Kier molecular flexibility index (Phi) is 25.3. The monoisotopic (exact) mass is 1600 g/mol. The first-order chi connectivity index (χ1) is 54.4. The molecule has 5 fully saturated rings. The first-order valence-corrected chi connectivity index (χ1v) is 40.0. The zero-order valence-corrected chi connectivity index (χ0v) is 65.0. The van der Waals surface area contributed by atoms with Crippen LogP contribution in [0.3, 0.4) is 0 Å². The zero-order valence-electron chi connectivity index (χ0n) is 64.2. The lowest BCUT2D eigenvalue weighted by Crippen LogP contribution is -2.60. The number of benzene rings is 5. The molecule has 0 unspecified atom stereocenters. The van der Waals surface area contributed by atoms with Gasteiger partial charge in [0.05, 0.1) is 17.5 Å². The summed E-state index contributed by atoms with van der Waals surface area (Å²) in [6.07, 6.45) is -1.09. The van der Waals surface area contributed by atoms with Crippen molar-refractivity contribution < 1.29 is 98.2 Å². The summed E-state index contributed by atoms with van der Waals surface area (Å²) in [7, 11) is 1.52. The molecule has 31 nitrogen and oxygen atoms in total. The molecule has 6 heterocycles. The number of nitrogens with two attached hydrogens (primary N) is 2. The standard InChI is InChI=1S/C82H104ClN11O20/c1-6-7-8-9-10-11-12-13-20-87-35-48-53(95)32-47-60-46-28-40(14-17-49(46)82(109,110)61(48)60)63-76(104)94-67(80(108)92-65(47)78(106)89-62-43-24-38-23-39(26-43)27-44(62)25-38)69(98)42-16-19-55(50(83)29-42)112-57-31-45-30-56(73(57)114-81-72(101)71(100)70(99)58(34-84)113-81)111-54-18-15-41(22-37(54)4)68(97)66(93-74(102)51(86-5)21-36(2)3)79(107)88-52(33-59(85)96)75(103)90-64(45)77(105)91-63/h14-19,22,28-32,36,38-39,43-44,51-52,58,62-72,81,86-87,95,97-101,109-110H,6-13,20-21,23-27,33-35,84H2,1-5H3,(H2,85,96)(H,88,107)(H,89,106)(H,90,103)(H,91,105)(H,92,108)(H,93,102)(H,94,104)/t38?,39?,43?,44?,51-,52+,58-,62?,63-,64-,65+,66-,67+,68-,69-,70-,71+,72-,81+/m1/s1. The van der Waals surface area contributed by atoms with Gasteiger partial charge in [-0.15, -0.1) is 0 Å². The summed E-state index contributed by atoms with van der Waals surface area (Å²) in [5, 5.41) is 123. The van der Waals surface area contributed by atoms with Gasteiger partial charge in [0.1, 0.15) is 90.1 Å². The van der Waals surface area contributed by atoms with Gasteiger partial charge in [0.15, 0.2) is 11.5 Å². The van der Waals surface area contributed by atoms with Crippen molar-refractivity contribution in [3.63, 3.8) is 0 Å². The van der Waals surface area contributed by atoms with Crippen LogP contribution in [0.25, 0.3) is 11.1 Å². The van der Waals surface area contributed by atoms with Gasteiger partial charge in [-0.1, -0.05) is 102 Å². The number of halogens is 1. The molecule has 15 bridgehead atoms. The van der Waals surface area contributed by atoms with E-state index in [0.717, 1.165) is 95.6 Å². The van der Waals surface area contributed by atoms with Crippen molar-refractivity contribution in [1.29, 1.82) is 0 Å². The molecule has 0 spiro atoms. The van der Waals surface area contributed by atoms with Crippen LogP contribution in [0.2, 0.25) is 5.02 Å². The van der Waals surface area contributed by atoms with Gasteiger partial charge in [0.25, 0.3) is 0 Å². The normalized spacial score (nSPS) is 28.9. The molecule has 14 atom stereocenters. The number of nitrogens with one attached hydrogen (secondary N) is 9. The summed E-state index contributed by atoms with van der Waals surface area (Å²) in [5.41, 5.74) is 10.7. The van der Waals surface area contributed by atoms with Gasteiger partial charge < -0.3 is 119 Å². The Labute approximate surface area is 664 Å². The van der Waals surface area contributed by atoms with Crippen LogP contribution in [0.15, 0.2) is 72.8 Å². The Morgan fingerprint density at radius 3 is 1.94 bits per heavy atom. The maximum Gasteiger partial charge on any atom is 0.248 e. The Hall–Kier alpha value is -9.09. The zero-order chi connectivity index (χ0) is 81.5. The number of likely N-dealkylation sites (N-methyl/N-ethyl adjacent to an activating group) is 1. The molecule has 1 saturated heterocycles. The fourth-order valence-electron chi connectivity index (χ4n) is 18.1. The number of amides is 8. The highest BCUT2D eigenvalue weighted by Crippen LogP contribution is 2.56. The number of aryl methyl sites for hydroxylation is 1. The lowest BCUT2D eigenvalue weighted by atomic mass is 9.54. The second-order valence-corrected chi connectivity index (χ2v) is 32.7. The SMILES string of the molecule is CCCCCCCCCCNCc1c(O)cc2c3c1C(O)(O)c1ccc(cc1-3)[C@H]1NC(=O)[C@@H]3NC(=O)[C@H](CC(N)=O)NC(=O)[C@H](NC(=O)[C@@H](CC(C)C)NC)[C@H](O)c4ccc(c(C)c4)Oc4cc3cc(c4O[C@@H]3O[C@H](CN)[C@@H](O)[C@H](O)[C@H]3O)Oc3ccc(cc3Cl)[C@@H](O)[C@H](NC1=O)C(=O)N[C@@H]2C(=O)NC1C2CC3CC(C2)CC1C3. The van der Waals surface area contributed by atoms with Crippen molar-refractivity contribution in [3.8, 4) is 45.6 Å². The molecule has 0 radical (unpaired) electrons. The van der Waals surface area contributed by atoms with Crippen LogP contribution in [0.1, 0.15) is 197 Å². The van der Waals surface area contributed by atoms with Gasteiger partial charge in [-0.2, -0.15) is 0 Å². The highest BCUT2D eigenvalue weighted by molar-refractivity contribution is 6.32. The first-order valence-electron chi connectivity index (χ1n) is 39.6. The van der Waals surface area contributed by atoms with E-state index >= 15 is 28.8 Å². The maximum absolute atomic E-state index is 16.4. The minimum atomic E-state index is -2.99. The molecule has 614 valence electrons. The Morgan fingerprint density at radius 1 is 0.675 bits per heavy atom. The van der Waals surface area contributed by atoms with Crippen LogP contribution in [0, 0.1) is 36.5 Å². The number of rotatable bonds is 23. The van der Waals surface area contributed by atoms with E-state index in [1.807, 2.05) is 13.8 Å². The summed E-state index contributed by atoms with van der Waals surface area (Å²) < 4.78 is 25.9. The molecule has 5 aliphatic carbocycles. The van der Waals surface area contributed by atoms with Crippen molar-refractivity contribution in [2.45, 2.75) is 228 Å². The number of phenolic OH excluding ortho intramolecular Hbond substituents is 1.